The van der Waals surface area contributed by atoms with Crippen LogP contribution in [0.1, 0.15) is 38.8 Å². The molecule has 1 aliphatic heterocycles. The minimum atomic E-state index is 0.0222. The third-order valence-corrected chi connectivity index (χ3v) is 4.27. The van der Waals surface area contributed by atoms with E-state index in [4.69, 9.17) is 5.11 Å². The Hall–Kier alpha value is -1.09. The molecular weight excluding hydrogens is 212 g/mol. The van der Waals surface area contributed by atoms with Gasteiger partial charge >= 0.3 is 0 Å². The first-order valence-corrected chi connectivity index (χ1v) is 6.54. The van der Waals surface area contributed by atoms with Crippen molar-refractivity contribution in [2.75, 3.05) is 18.0 Å². The second-order valence-corrected chi connectivity index (χ2v) is 5.04. The van der Waals surface area contributed by atoms with Crippen molar-refractivity contribution in [3.63, 3.8) is 0 Å². The Morgan fingerprint density at radius 3 is 2.76 bits per heavy atom. The van der Waals surface area contributed by atoms with Gasteiger partial charge in [-0.3, -0.25) is 4.98 Å². The molecular formula is C14H22N2O. The summed E-state index contributed by atoms with van der Waals surface area (Å²) < 4.78 is 0. The van der Waals surface area contributed by atoms with Crippen LogP contribution in [0.3, 0.4) is 0 Å². The van der Waals surface area contributed by atoms with E-state index < -0.39 is 0 Å². The molecule has 1 aliphatic rings. The van der Waals surface area contributed by atoms with E-state index in [1.54, 1.807) is 6.20 Å². The smallest absolute Gasteiger partial charge is 0.0853 e. The number of hydrogen-bond donors (Lipinski definition) is 1. The average Bonchev–Trinajstić information content (AvgIpc) is 2.84. The lowest BCUT2D eigenvalue weighted by Gasteiger charge is -2.27. The van der Waals surface area contributed by atoms with Gasteiger partial charge in [0.25, 0.3) is 0 Å². The molecule has 0 amide bonds. The van der Waals surface area contributed by atoms with Gasteiger partial charge in [0.2, 0.25) is 0 Å². The molecule has 2 rings (SSSR count). The molecule has 1 saturated heterocycles. The lowest BCUT2D eigenvalue weighted by atomic mass is 9.82. The number of aliphatic hydroxyl groups excluding tert-OH is 1. The third kappa shape index (κ3) is 2.44. The van der Waals surface area contributed by atoms with Crippen molar-refractivity contribution >= 4 is 5.69 Å². The van der Waals surface area contributed by atoms with Gasteiger partial charge < -0.3 is 10.0 Å². The molecule has 0 atom stereocenters. The molecule has 0 aliphatic carbocycles. The normalized spacial score (nSPS) is 18.6. The fraction of sp³-hybridized carbons (Fsp3) is 0.643. The first-order chi connectivity index (χ1) is 8.23. The lowest BCUT2D eigenvalue weighted by Crippen LogP contribution is -2.26. The van der Waals surface area contributed by atoms with Gasteiger partial charge in [-0.2, -0.15) is 0 Å². The quantitative estimate of drug-likeness (QED) is 0.870. The van der Waals surface area contributed by atoms with Gasteiger partial charge in [0.1, 0.15) is 0 Å². The number of nitrogens with zero attached hydrogens (tertiary/aromatic N) is 2. The van der Waals surface area contributed by atoms with Crippen LogP contribution in [-0.4, -0.2) is 23.2 Å². The number of rotatable bonds is 4. The molecule has 94 valence electrons. The van der Waals surface area contributed by atoms with Crippen LogP contribution in [0.15, 0.2) is 18.3 Å². The molecule has 0 saturated carbocycles. The number of aromatic nitrogens is 1. The number of anilines is 1. The summed E-state index contributed by atoms with van der Waals surface area (Å²) in [5.74, 6) is 0. The van der Waals surface area contributed by atoms with E-state index in [2.05, 4.69) is 23.7 Å². The second kappa shape index (κ2) is 5.05. The summed E-state index contributed by atoms with van der Waals surface area (Å²) in [7, 11) is 0. The molecule has 3 heteroatoms. The molecule has 0 unspecified atom stereocenters. The summed E-state index contributed by atoms with van der Waals surface area (Å²) in [6.07, 6.45) is 5.56. The summed E-state index contributed by atoms with van der Waals surface area (Å²) in [6, 6.07) is 4.04. The molecule has 17 heavy (non-hydrogen) atoms. The molecule has 0 bridgehead atoms. The van der Waals surface area contributed by atoms with Crippen LogP contribution in [-0.2, 0) is 6.61 Å². The van der Waals surface area contributed by atoms with E-state index in [9.17, 15) is 0 Å². The van der Waals surface area contributed by atoms with Crippen molar-refractivity contribution in [3.05, 3.63) is 24.0 Å². The molecule has 1 aromatic rings. The standard InChI is InChI=1S/C14H22N2O/c1-3-14(4-2)6-8-16(11-14)13-5-7-15-12(9-13)10-17/h5,7,9,17H,3-4,6,8,10-11H2,1-2H3. The van der Waals surface area contributed by atoms with Gasteiger partial charge in [0, 0.05) is 25.0 Å². The van der Waals surface area contributed by atoms with Crippen LogP contribution in [0, 0.1) is 5.41 Å². The summed E-state index contributed by atoms with van der Waals surface area (Å²) in [4.78, 5) is 6.55. The van der Waals surface area contributed by atoms with Crippen LogP contribution in [0.2, 0.25) is 0 Å². The van der Waals surface area contributed by atoms with Gasteiger partial charge in [-0.25, -0.2) is 0 Å². The minimum Gasteiger partial charge on any atom is -0.390 e. The second-order valence-electron chi connectivity index (χ2n) is 5.04. The Morgan fingerprint density at radius 2 is 2.18 bits per heavy atom. The fourth-order valence-electron chi connectivity index (χ4n) is 2.73. The van der Waals surface area contributed by atoms with Crippen LogP contribution in [0.4, 0.5) is 5.69 Å². The highest BCUT2D eigenvalue weighted by Gasteiger charge is 2.34. The first kappa shape index (κ1) is 12.4. The zero-order valence-electron chi connectivity index (χ0n) is 10.8. The maximum Gasteiger partial charge on any atom is 0.0853 e. The van der Waals surface area contributed by atoms with Crippen molar-refractivity contribution < 1.29 is 5.11 Å². The minimum absolute atomic E-state index is 0.0222. The number of aliphatic hydroxyl groups is 1. The Bertz CT molecular complexity index is 374. The molecule has 2 heterocycles. The Labute approximate surface area is 103 Å². The Morgan fingerprint density at radius 1 is 1.41 bits per heavy atom. The molecule has 0 radical (unpaired) electrons. The molecule has 1 N–H and O–H groups in total. The van der Waals surface area contributed by atoms with E-state index >= 15 is 0 Å². The van der Waals surface area contributed by atoms with E-state index in [-0.39, 0.29) is 6.61 Å². The van der Waals surface area contributed by atoms with Crippen LogP contribution in [0.25, 0.3) is 0 Å². The Kier molecular flexibility index (Phi) is 3.67. The zero-order valence-corrected chi connectivity index (χ0v) is 10.8. The maximum atomic E-state index is 9.12. The number of hydrogen-bond acceptors (Lipinski definition) is 3. The van der Waals surface area contributed by atoms with Gasteiger partial charge in [-0.05, 0) is 36.8 Å². The molecule has 1 fully saturated rings. The van der Waals surface area contributed by atoms with E-state index in [1.165, 1.54) is 24.9 Å². The Balaban J connectivity index is 2.14. The van der Waals surface area contributed by atoms with Crippen molar-refractivity contribution in [2.45, 2.75) is 39.7 Å². The lowest BCUT2D eigenvalue weighted by molar-refractivity contribution is 0.277. The summed E-state index contributed by atoms with van der Waals surface area (Å²) in [5, 5.41) is 9.12. The van der Waals surface area contributed by atoms with E-state index in [0.29, 0.717) is 5.41 Å². The first-order valence-electron chi connectivity index (χ1n) is 6.54. The summed E-state index contributed by atoms with van der Waals surface area (Å²) >= 11 is 0. The molecule has 3 nitrogen and oxygen atoms in total. The van der Waals surface area contributed by atoms with Gasteiger partial charge in [0.05, 0.1) is 12.3 Å². The topological polar surface area (TPSA) is 36.4 Å². The fourth-order valence-corrected chi connectivity index (χ4v) is 2.73. The van der Waals surface area contributed by atoms with Crippen LogP contribution >= 0.6 is 0 Å². The van der Waals surface area contributed by atoms with E-state index in [0.717, 1.165) is 18.8 Å². The van der Waals surface area contributed by atoms with Crippen molar-refractivity contribution in [3.8, 4) is 0 Å². The highest BCUT2D eigenvalue weighted by Crippen LogP contribution is 2.38. The summed E-state index contributed by atoms with van der Waals surface area (Å²) in [5.41, 5.74) is 2.45. The predicted octanol–water partition coefficient (Wildman–Crippen LogP) is 2.59. The molecule has 1 aromatic heterocycles. The SMILES string of the molecule is CCC1(CC)CCN(c2ccnc(CO)c2)C1. The number of pyridine rings is 1. The van der Waals surface area contributed by atoms with Gasteiger partial charge in [-0.1, -0.05) is 13.8 Å². The highest BCUT2D eigenvalue weighted by molar-refractivity contribution is 5.48. The van der Waals surface area contributed by atoms with Crippen molar-refractivity contribution in [2.24, 2.45) is 5.41 Å². The van der Waals surface area contributed by atoms with Crippen molar-refractivity contribution in [1.82, 2.24) is 4.98 Å². The van der Waals surface area contributed by atoms with Gasteiger partial charge in [0.15, 0.2) is 0 Å². The largest absolute Gasteiger partial charge is 0.390 e. The summed E-state index contributed by atoms with van der Waals surface area (Å²) in [6.45, 7) is 6.86. The predicted molar refractivity (Wildman–Crippen MR) is 70.0 cm³/mol. The molecule has 0 spiro atoms. The van der Waals surface area contributed by atoms with E-state index in [1.807, 2.05) is 12.1 Å². The van der Waals surface area contributed by atoms with Gasteiger partial charge in [-0.15, -0.1) is 0 Å². The maximum absolute atomic E-state index is 9.12. The average molecular weight is 234 g/mol. The van der Waals surface area contributed by atoms with Crippen LogP contribution < -0.4 is 4.90 Å². The molecule has 0 aromatic carbocycles. The van der Waals surface area contributed by atoms with Crippen LogP contribution in [0.5, 0.6) is 0 Å². The highest BCUT2D eigenvalue weighted by atomic mass is 16.3. The zero-order chi connectivity index (χ0) is 12.3. The third-order valence-electron chi connectivity index (χ3n) is 4.27. The monoisotopic (exact) mass is 234 g/mol. The van der Waals surface area contributed by atoms with Crippen molar-refractivity contribution in [1.29, 1.82) is 0 Å².